The smallest absolute Gasteiger partial charge is 0.128 e. The zero-order valence-corrected chi connectivity index (χ0v) is 14.3. The van der Waals surface area contributed by atoms with Gasteiger partial charge in [0.1, 0.15) is 5.75 Å². The molecule has 2 atom stereocenters. The Kier molecular flexibility index (Phi) is 7.68. The van der Waals surface area contributed by atoms with E-state index in [-0.39, 0.29) is 12.1 Å². The average Bonchev–Trinajstić information content (AvgIpc) is 2.47. The van der Waals surface area contributed by atoms with Gasteiger partial charge in [-0.1, -0.05) is 13.3 Å². The summed E-state index contributed by atoms with van der Waals surface area (Å²) in [5.41, 5.74) is 3.29. The first-order chi connectivity index (χ1) is 10.1. The van der Waals surface area contributed by atoms with E-state index < -0.39 is 0 Å². The van der Waals surface area contributed by atoms with Crippen LogP contribution >= 0.6 is 0 Å². The quantitative estimate of drug-likeness (QED) is 0.760. The molecule has 0 fully saturated rings. The van der Waals surface area contributed by atoms with Crippen molar-refractivity contribution in [1.82, 2.24) is 10.3 Å². The molecule has 0 radical (unpaired) electrons. The van der Waals surface area contributed by atoms with Gasteiger partial charge < -0.3 is 14.8 Å². The topological polar surface area (TPSA) is 43.4 Å². The van der Waals surface area contributed by atoms with E-state index in [4.69, 9.17) is 9.47 Å². The van der Waals surface area contributed by atoms with Crippen LogP contribution in [0.2, 0.25) is 0 Å². The van der Waals surface area contributed by atoms with Crippen molar-refractivity contribution in [2.45, 2.75) is 59.1 Å². The van der Waals surface area contributed by atoms with Crippen LogP contribution in [0.5, 0.6) is 5.75 Å². The highest BCUT2D eigenvalue weighted by Crippen LogP contribution is 2.25. The van der Waals surface area contributed by atoms with Crippen LogP contribution < -0.4 is 10.1 Å². The predicted molar refractivity (Wildman–Crippen MR) is 87.1 cm³/mol. The number of methoxy groups -OCH3 is 1. The number of nitrogens with zero attached hydrogens (tertiary/aromatic N) is 1. The van der Waals surface area contributed by atoms with Gasteiger partial charge in [0.05, 0.1) is 13.2 Å². The van der Waals surface area contributed by atoms with Gasteiger partial charge in [0.15, 0.2) is 0 Å². The number of nitrogens with one attached hydrogen (secondary N) is 1. The molecular weight excluding hydrogens is 264 g/mol. The summed E-state index contributed by atoms with van der Waals surface area (Å²) in [7, 11) is 3.71. The first kappa shape index (κ1) is 17.9. The zero-order chi connectivity index (χ0) is 15.8. The molecule has 0 aliphatic carbocycles. The molecule has 0 saturated heterocycles. The molecule has 0 aliphatic heterocycles. The van der Waals surface area contributed by atoms with Gasteiger partial charge in [-0.25, -0.2) is 0 Å². The molecule has 0 saturated carbocycles. The molecule has 120 valence electrons. The summed E-state index contributed by atoms with van der Waals surface area (Å²) >= 11 is 0. The average molecular weight is 294 g/mol. The Morgan fingerprint density at radius 1 is 1.29 bits per heavy atom. The molecule has 1 aromatic heterocycles. The normalized spacial score (nSPS) is 14.0. The maximum atomic E-state index is 5.91. The Hall–Kier alpha value is -1.13. The van der Waals surface area contributed by atoms with Gasteiger partial charge in [0.2, 0.25) is 0 Å². The van der Waals surface area contributed by atoms with Gasteiger partial charge in [-0.05, 0) is 34.2 Å². The molecule has 0 bridgehead atoms. The lowest BCUT2D eigenvalue weighted by Gasteiger charge is -2.27. The number of rotatable bonds is 9. The lowest BCUT2D eigenvalue weighted by molar-refractivity contribution is 0.0298. The third kappa shape index (κ3) is 4.68. The first-order valence-corrected chi connectivity index (χ1v) is 7.86. The van der Waals surface area contributed by atoms with Crippen LogP contribution in [0.4, 0.5) is 0 Å². The van der Waals surface area contributed by atoms with Crippen LogP contribution in [-0.2, 0) is 11.2 Å². The summed E-state index contributed by atoms with van der Waals surface area (Å²) in [5, 5.41) is 3.39. The predicted octanol–water partition coefficient (Wildman–Crippen LogP) is 3.04. The Morgan fingerprint density at radius 3 is 2.52 bits per heavy atom. The molecule has 0 spiro atoms. The molecule has 4 nitrogen and oxygen atoms in total. The molecule has 1 heterocycles. The van der Waals surface area contributed by atoms with Crippen LogP contribution in [0.15, 0.2) is 6.20 Å². The van der Waals surface area contributed by atoms with E-state index in [1.165, 1.54) is 0 Å². The van der Waals surface area contributed by atoms with Crippen molar-refractivity contribution in [3.05, 3.63) is 23.0 Å². The summed E-state index contributed by atoms with van der Waals surface area (Å²) in [4.78, 5) is 4.60. The summed E-state index contributed by atoms with van der Waals surface area (Å²) in [5.74, 6) is 0.943. The highest BCUT2D eigenvalue weighted by molar-refractivity contribution is 5.41. The SMILES string of the molecule is CCCC(OCC)C(Cc1ncc(C)c(OC)c1C)NC. The molecule has 1 N–H and O–H groups in total. The molecule has 4 heteroatoms. The second kappa shape index (κ2) is 9.00. The Morgan fingerprint density at radius 2 is 2.00 bits per heavy atom. The summed E-state index contributed by atoms with van der Waals surface area (Å²) in [6.45, 7) is 9.09. The van der Waals surface area contributed by atoms with Gasteiger partial charge in [0, 0.05) is 42.1 Å². The highest BCUT2D eigenvalue weighted by atomic mass is 16.5. The minimum Gasteiger partial charge on any atom is -0.496 e. The van der Waals surface area contributed by atoms with Crippen LogP contribution in [0.1, 0.15) is 43.5 Å². The highest BCUT2D eigenvalue weighted by Gasteiger charge is 2.22. The van der Waals surface area contributed by atoms with E-state index in [0.29, 0.717) is 0 Å². The molecule has 2 unspecified atom stereocenters. The van der Waals surface area contributed by atoms with Gasteiger partial charge in [-0.15, -0.1) is 0 Å². The third-order valence-corrected chi connectivity index (χ3v) is 3.94. The van der Waals surface area contributed by atoms with Crippen molar-refractivity contribution in [3.63, 3.8) is 0 Å². The molecular formula is C17H30N2O2. The van der Waals surface area contributed by atoms with Gasteiger partial charge in [-0.2, -0.15) is 0 Å². The lowest BCUT2D eigenvalue weighted by atomic mass is 9.98. The minimum absolute atomic E-state index is 0.221. The fourth-order valence-corrected chi connectivity index (χ4v) is 2.80. The van der Waals surface area contributed by atoms with E-state index in [1.807, 2.05) is 27.1 Å². The van der Waals surface area contributed by atoms with Gasteiger partial charge >= 0.3 is 0 Å². The van der Waals surface area contributed by atoms with Crippen LogP contribution in [-0.4, -0.2) is 37.9 Å². The molecule has 0 aromatic carbocycles. The van der Waals surface area contributed by atoms with E-state index in [0.717, 1.165) is 48.4 Å². The van der Waals surface area contributed by atoms with Crippen molar-refractivity contribution >= 4 is 0 Å². The Bertz CT molecular complexity index is 429. The number of ether oxygens (including phenoxy) is 2. The van der Waals surface area contributed by atoms with E-state index in [9.17, 15) is 0 Å². The van der Waals surface area contributed by atoms with Gasteiger partial charge in [0.25, 0.3) is 0 Å². The Balaban J connectivity index is 2.95. The monoisotopic (exact) mass is 294 g/mol. The first-order valence-electron chi connectivity index (χ1n) is 7.86. The van der Waals surface area contributed by atoms with Crippen LogP contribution in [0, 0.1) is 13.8 Å². The van der Waals surface area contributed by atoms with Crippen LogP contribution in [0.3, 0.4) is 0 Å². The van der Waals surface area contributed by atoms with E-state index in [1.54, 1.807) is 7.11 Å². The molecule has 0 aliphatic rings. The fourth-order valence-electron chi connectivity index (χ4n) is 2.80. The van der Waals surface area contributed by atoms with Gasteiger partial charge in [-0.3, -0.25) is 4.98 Å². The number of aromatic nitrogens is 1. The molecule has 21 heavy (non-hydrogen) atoms. The lowest BCUT2D eigenvalue weighted by Crippen LogP contribution is -2.41. The van der Waals surface area contributed by atoms with Crippen molar-refractivity contribution in [3.8, 4) is 5.75 Å². The van der Waals surface area contributed by atoms with Crippen molar-refractivity contribution < 1.29 is 9.47 Å². The second-order valence-corrected chi connectivity index (χ2v) is 5.43. The number of aryl methyl sites for hydroxylation is 1. The molecule has 1 rings (SSSR count). The second-order valence-electron chi connectivity index (χ2n) is 5.43. The molecule has 1 aromatic rings. The molecule has 0 amide bonds. The maximum Gasteiger partial charge on any atom is 0.128 e. The minimum atomic E-state index is 0.221. The standard InChI is InChI=1S/C17H30N2O2/c1-7-9-16(21-8-2)15(18-5)10-14-13(4)17(20-6)12(3)11-19-14/h11,15-16,18H,7-10H2,1-6H3. The number of hydrogen-bond donors (Lipinski definition) is 1. The number of likely N-dealkylation sites (N-methyl/N-ethyl adjacent to an activating group) is 1. The van der Waals surface area contributed by atoms with Crippen molar-refractivity contribution in [1.29, 1.82) is 0 Å². The number of hydrogen-bond acceptors (Lipinski definition) is 4. The Labute approximate surface area is 129 Å². The van der Waals surface area contributed by atoms with Crippen molar-refractivity contribution in [2.75, 3.05) is 20.8 Å². The van der Waals surface area contributed by atoms with E-state index >= 15 is 0 Å². The maximum absolute atomic E-state index is 5.91. The van der Waals surface area contributed by atoms with E-state index in [2.05, 4.69) is 24.1 Å². The zero-order valence-electron chi connectivity index (χ0n) is 14.3. The van der Waals surface area contributed by atoms with Crippen LogP contribution in [0.25, 0.3) is 0 Å². The summed E-state index contributed by atoms with van der Waals surface area (Å²) in [6.07, 6.45) is 5.14. The van der Waals surface area contributed by atoms with Crippen molar-refractivity contribution in [2.24, 2.45) is 0 Å². The summed E-state index contributed by atoms with van der Waals surface area (Å²) < 4.78 is 11.4. The number of pyridine rings is 1. The summed E-state index contributed by atoms with van der Waals surface area (Å²) in [6, 6.07) is 0.267. The fraction of sp³-hybridized carbons (Fsp3) is 0.706. The largest absolute Gasteiger partial charge is 0.496 e. The third-order valence-electron chi connectivity index (χ3n) is 3.94.